The van der Waals surface area contributed by atoms with Crippen molar-refractivity contribution in [2.24, 2.45) is 5.41 Å². The quantitative estimate of drug-likeness (QED) is 0.701. The van der Waals surface area contributed by atoms with Crippen LogP contribution in [-0.2, 0) is 0 Å². The van der Waals surface area contributed by atoms with Gasteiger partial charge in [-0.05, 0) is 18.8 Å². The monoisotopic (exact) mass is 226 g/mol. The van der Waals surface area contributed by atoms with Crippen LogP contribution in [-0.4, -0.2) is 37.1 Å². The van der Waals surface area contributed by atoms with Gasteiger partial charge in [-0.1, -0.05) is 40.0 Å². The van der Waals surface area contributed by atoms with Gasteiger partial charge in [0.05, 0.1) is 0 Å². The van der Waals surface area contributed by atoms with E-state index in [1.54, 1.807) is 0 Å². The lowest BCUT2D eigenvalue weighted by Gasteiger charge is -2.37. The van der Waals surface area contributed by atoms with Crippen molar-refractivity contribution in [2.75, 3.05) is 26.2 Å². The SMILES string of the molecule is CCCCCC(C)(C)CN1CCNC(C)C1. The first-order chi connectivity index (χ1) is 7.53. The summed E-state index contributed by atoms with van der Waals surface area (Å²) >= 11 is 0. The van der Waals surface area contributed by atoms with Crippen LogP contribution in [0.1, 0.15) is 53.4 Å². The molecule has 0 aliphatic carbocycles. The van der Waals surface area contributed by atoms with Gasteiger partial charge in [0.1, 0.15) is 0 Å². The number of rotatable bonds is 6. The molecule has 96 valence electrons. The van der Waals surface area contributed by atoms with Gasteiger partial charge >= 0.3 is 0 Å². The van der Waals surface area contributed by atoms with Crippen molar-refractivity contribution in [1.29, 1.82) is 0 Å². The van der Waals surface area contributed by atoms with E-state index >= 15 is 0 Å². The minimum Gasteiger partial charge on any atom is -0.312 e. The van der Waals surface area contributed by atoms with Crippen molar-refractivity contribution < 1.29 is 0 Å². The molecule has 0 aromatic rings. The Hall–Kier alpha value is -0.0800. The molecule has 1 rings (SSSR count). The molecule has 1 fully saturated rings. The van der Waals surface area contributed by atoms with E-state index in [4.69, 9.17) is 0 Å². The van der Waals surface area contributed by atoms with Crippen molar-refractivity contribution in [1.82, 2.24) is 10.2 Å². The van der Waals surface area contributed by atoms with Crippen molar-refractivity contribution in [2.45, 2.75) is 59.4 Å². The van der Waals surface area contributed by atoms with E-state index < -0.39 is 0 Å². The highest BCUT2D eigenvalue weighted by Gasteiger charge is 2.24. The molecule has 1 unspecified atom stereocenters. The van der Waals surface area contributed by atoms with Crippen LogP contribution in [0.25, 0.3) is 0 Å². The summed E-state index contributed by atoms with van der Waals surface area (Å²) in [5.41, 5.74) is 0.492. The normalized spacial score (nSPS) is 23.6. The Morgan fingerprint density at radius 3 is 2.69 bits per heavy atom. The number of nitrogens with one attached hydrogen (secondary N) is 1. The second kappa shape index (κ2) is 6.61. The zero-order valence-corrected chi connectivity index (χ0v) is 11.7. The number of hydrogen-bond donors (Lipinski definition) is 1. The second-order valence-corrected chi connectivity index (χ2v) is 6.21. The fourth-order valence-electron chi connectivity index (χ4n) is 2.69. The van der Waals surface area contributed by atoms with Gasteiger partial charge in [-0.15, -0.1) is 0 Å². The molecule has 0 spiro atoms. The molecule has 1 N–H and O–H groups in total. The minimum absolute atomic E-state index is 0.492. The molecule has 1 saturated heterocycles. The number of nitrogens with zero attached hydrogens (tertiary/aromatic N) is 1. The average Bonchev–Trinajstić information content (AvgIpc) is 2.17. The smallest absolute Gasteiger partial charge is 0.0167 e. The van der Waals surface area contributed by atoms with E-state index in [9.17, 15) is 0 Å². The average molecular weight is 226 g/mol. The van der Waals surface area contributed by atoms with Crippen molar-refractivity contribution >= 4 is 0 Å². The lowest BCUT2D eigenvalue weighted by atomic mass is 9.86. The Bertz CT molecular complexity index is 189. The Labute approximate surface area is 102 Å². The molecule has 0 bridgehead atoms. The molecule has 2 nitrogen and oxygen atoms in total. The van der Waals surface area contributed by atoms with Crippen molar-refractivity contribution in [3.63, 3.8) is 0 Å². The molecule has 1 atom stereocenters. The number of piperazine rings is 1. The van der Waals surface area contributed by atoms with Gasteiger partial charge < -0.3 is 10.2 Å². The van der Waals surface area contributed by atoms with Crippen LogP contribution in [0.3, 0.4) is 0 Å². The van der Waals surface area contributed by atoms with Crippen LogP contribution in [0.2, 0.25) is 0 Å². The van der Waals surface area contributed by atoms with Crippen LogP contribution < -0.4 is 5.32 Å². The van der Waals surface area contributed by atoms with Gasteiger partial charge in [-0.25, -0.2) is 0 Å². The summed E-state index contributed by atoms with van der Waals surface area (Å²) in [5, 5.41) is 3.51. The Balaban J connectivity index is 2.27. The molecule has 0 saturated carbocycles. The largest absolute Gasteiger partial charge is 0.312 e. The first-order valence-corrected chi connectivity index (χ1v) is 6.99. The third kappa shape index (κ3) is 5.31. The zero-order chi connectivity index (χ0) is 12.0. The van der Waals surface area contributed by atoms with Gasteiger partial charge in [-0.2, -0.15) is 0 Å². The molecule has 0 amide bonds. The fourth-order valence-corrected chi connectivity index (χ4v) is 2.69. The number of unbranched alkanes of at least 4 members (excludes halogenated alkanes) is 2. The predicted octanol–water partition coefficient (Wildman–Crippen LogP) is 2.89. The predicted molar refractivity (Wildman–Crippen MR) is 71.8 cm³/mol. The highest BCUT2D eigenvalue weighted by Crippen LogP contribution is 2.25. The molecule has 0 radical (unpaired) electrons. The molecule has 1 aliphatic rings. The Morgan fingerprint density at radius 1 is 1.31 bits per heavy atom. The maximum Gasteiger partial charge on any atom is 0.0167 e. The number of hydrogen-bond acceptors (Lipinski definition) is 2. The molecule has 2 heteroatoms. The van der Waals surface area contributed by atoms with Crippen LogP contribution in [0, 0.1) is 5.41 Å². The van der Waals surface area contributed by atoms with Crippen LogP contribution in [0.15, 0.2) is 0 Å². The standard InChI is InChI=1S/C14H30N2/c1-5-6-7-8-14(3,4)12-16-10-9-15-13(2)11-16/h13,15H,5-12H2,1-4H3. The van der Waals surface area contributed by atoms with E-state index in [1.807, 2.05) is 0 Å². The molecule has 16 heavy (non-hydrogen) atoms. The van der Waals surface area contributed by atoms with Gasteiger partial charge in [0, 0.05) is 32.2 Å². The summed E-state index contributed by atoms with van der Waals surface area (Å²) in [4.78, 5) is 2.63. The topological polar surface area (TPSA) is 15.3 Å². The van der Waals surface area contributed by atoms with Crippen molar-refractivity contribution in [3.8, 4) is 0 Å². The van der Waals surface area contributed by atoms with E-state index in [2.05, 4.69) is 37.9 Å². The summed E-state index contributed by atoms with van der Waals surface area (Å²) in [6, 6.07) is 0.667. The highest BCUT2D eigenvalue weighted by molar-refractivity contribution is 4.80. The fraction of sp³-hybridized carbons (Fsp3) is 1.00. The maximum absolute atomic E-state index is 3.51. The lowest BCUT2D eigenvalue weighted by Crippen LogP contribution is -2.51. The molecular formula is C14H30N2. The van der Waals surface area contributed by atoms with Gasteiger partial charge in [-0.3, -0.25) is 0 Å². The first-order valence-electron chi connectivity index (χ1n) is 6.99. The zero-order valence-electron chi connectivity index (χ0n) is 11.7. The second-order valence-electron chi connectivity index (χ2n) is 6.21. The minimum atomic E-state index is 0.492. The Kier molecular flexibility index (Phi) is 5.77. The van der Waals surface area contributed by atoms with Crippen LogP contribution in [0.4, 0.5) is 0 Å². The van der Waals surface area contributed by atoms with E-state index in [1.165, 1.54) is 45.3 Å². The van der Waals surface area contributed by atoms with Gasteiger partial charge in [0.15, 0.2) is 0 Å². The summed E-state index contributed by atoms with van der Waals surface area (Å²) in [6.07, 6.45) is 5.49. The summed E-state index contributed by atoms with van der Waals surface area (Å²) in [7, 11) is 0. The van der Waals surface area contributed by atoms with E-state index in [0.29, 0.717) is 11.5 Å². The summed E-state index contributed by atoms with van der Waals surface area (Å²) < 4.78 is 0. The van der Waals surface area contributed by atoms with Crippen LogP contribution >= 0.6 is 0 Å². The first kappa shape index (κ1) is 14.0. The summed E-state index contributed by atoms with van der Waals surface area (Å²) in [6.45, 7) is 14.3. The van der Waals surface area contributed by atoms with Crippen molar-refractivity contribution in [3.05, 3.63) is 0 Å². The third-order valence-electron chi connectivity index (χ3n) is 3.56. The maximum atomic E-state index is 3.51. The van der Waals surface area contributed by atoms with Gasteiger partial charge in [0.25, 0.3) is 0 Å². The van der Waals surface area contributed by atoms with Crippen LogP contribution in [0.5, 0.6) is 0 Å². The molecule has 0 aromatic heterocycles. The molecule has 0 aromatic carbocycles. The lowest BCUT2D eigenvalue weighted by molar-refractivity contribution is 0.133. The molecule has 1 aliphatic heterocycles. The highest BCUT2D eigenvalue weighted by atomic mass is 15.2. The Morgan fingerprint density at radius 2 is 2.06 bits per heavy atom. The van der Waals surface area contributed by atoms with E-state index in [-0.39, 0.29) is 0 Å². The summed E-state index contributed by atoms with van der Waals surface area (Å²) in [5.74, 6) is 0. The third-order valence-corrected chi connectivity index (χ3v) is 3.56. The van der Waals surface area contributed by atoms with E-state index in [0.717, 1.165) is 6.54 Å². The van der Waals surface area contributed by atoms with Gasteiger partial charge in [0.2, 0.25) is 0 Å². The molecular weight excluding hydrogens is 196 g/mol. The molecule has 1 heterocycles.